The van der Waals surface area contributed by atoms with Gasteiger partial charge in [-0.2, -0.15) is 0 Å². The first-order valence-electron chi connectivity index (χ1n) is 24.0. The molecule has 68 heavy (non-hydrogen) atoms. The summed E-state index contributed by atoms with van der Waals surface area (Å²) in [5.41, 5.74) is 6.65. The lowest BCUT2D eigenvalue weighted by molar-refractivity contribution is -0.129. The van der Waals surface area contributed by atoms with Gasteiger partial charge in [-0.05, 0) is 100 Å². The predicted molar refractivity (Wildman–Crippen MR) is 265 cm³/mol. The van der Waals surface area contributed by atoms with Gasteiger partial charge in [0.15, 0.2) is 0 Å². The first-order valence-corrected chi connectivity index (χ1v) is 24.0. The fourth-order valence-corrected chi connectivity index (χ4v) is 10.1. The first kappa shape index (κ1) is 45.2. The zero-order chi connectivity index (χ0) is 46.9. The van der Waals surface area contributed by atoms with Crippen molar-refractivity contribution in [2.24, 2.45) is 7.05 Å². The first-order chi connectivity index (χ1) is 33.1. The van der Waals surface area contributed by atoms with Gasteiger partial charge < -0.3 is 39.5 Å². The number of ether oxygens (including phenoxy) is 2. The van der Waals surface area contributed by atoms with Gasteiger partial charge in [-0.3, -0.25) is 19.4 Å². The molecule has 3 aromatic heterocycles. The van der Waals surface area contributed by atoms with Gasteiger partial charge in [0, 0.05) is 92.1 Å². The molecule has 0 bridgehead atoms. The fraction of sp³-hybridized carbons (Fsp3) is 0.415. The summed E-state index contributed by atoms with van der Waals surface area (Å²) in [6.07, 6.45) is 10.0. The number of hydrogen-bond donors (Lipinski definition) is 3. The topological polar surface area (TPSA) is 153 Å². The Labute approximate surface area is 396 Å². The molecule has 15 heteroatoms. The van der Waals surface area contributed by atoms with Gasteiger partial charge in [0.1, 0.15) is 17.4 Å². The highest BCUT2D eigenvalue weighted by molar-refractivity contribution is 6.06. The lowest BCUT2D eigenvalue weighted by Gasteiger charge is -2.45. The van der Waals surface area contributed by atoms with E-state index in [9.17, 15) is 14.4 Å². The molecule has 10 rings (SSSR count). The molecule has 6 heterocycles. The molecule has 0 radical (unpaired) electrons. The van der Waals surface area contributed by atoms with E-state index in [-0.39, 0.29) is 54.9 Å². The van der Waals surface area contributed by atoms with Crippen LogP contribution in [0, 0.1) is 11.8 Å². The minimum atomic E-state index is -0.375. The van der Waals surface area contributed by atoms with Crippen molar-refractivity contribution in [1.82, 2.24) is 40.0 Å². The molecule has 0 spiro atoms. The molecule has 3 aliphatic heterocycles. The lowest BCUT2D eigenvalue weighted by atomic mass is 9.88. The van der Waals surface area contributed by atoms with Gasteiger partial charge in [0.05, 0.1) is 43.3 Å². The molecule has 352 valence electrons. The van der Waals surface area contributed by atoms with E-state index in [1.165, 1.54) is 4.90 Å². The third-order valence-corrected chi connectivity index (χ3v) is 14.2. The number of aromatic nitrogens is 4. The summed E-state index contributed by atoms with van der Waals surface area (Å²) in [5, 5.41) is 8.48. The number of methoxy groups -OCH3 is 1. The second-order valence-corrected chi connectivity index (χ2v) is 18.9. The Balaban J connectivity index is 0.806. The number of aromatic amines is 1. The number of piperidine rings is 2. The summed E-state index contributed by atoms with van der Waals surface area (Å²) in [6.45, 7) is 7.04. The van der Waals surface area contributed by atoms with E-state index in [4.69, 9.17) is 19.4 Å². The van der Waals surface area contributed by atoms with Crippen LogP contribution < -0.4 is 30.7 Å². The summed E-state index contributed by atoms with van der Waals surface area (Å²) >= 11 is 0. The van der Waals surface area contributed by atoms with Gasteiger partial charge in [-0.25, -0.2) is 14.8 Å². The largest absolute Gasteiger partial charge is 0.495 e. The number of rotatable bonds is 13. The quantitative estimate of drug-likeness (QED) is 0.108. The Bertz CT molecular complexity index is 2960. The Morgan fingerprint density at radius 2 is 1.71 bits per heavy atom. The maximum Gasteiger partial charge on any atom is 0.332 e. The Kier molecular flexibility index (Phi) is 12.8. The zero-order valence-corrected chi connectivity index (χ0v) is 39.4. The van der Waals surface area contributed by atoms with Crippen molar-refractivity contribution in [1.29, 1.82) is 0 Å². The average molecular weight is 917 g/mol. The van der Waals surface area contributed by atoms with E-state index in [1.54, 1.807) is 30.7 Å². The number of aryl methyl sites for hydroxylation is 1. The molecule has 4 aliphatic rings. The molecule has 4 fully saturated rings. The number of carbonyl (C=O) groups excluding carboxylic acids is 2. The van der Waals surface area contributed by atoms with Gasteiger partial charge in [-0.1, -0.05) is 48.2 Å². The maximum absolute atomic E-state index is 13.3. The molecular formula is C53H60N10O5. The molecule has 6 aromatic rings. The van der Waals surface area contributed by atoms with E-state index in [0.29, 0.717) is 29.5 Å². The van der Waals surface area contributed by atoms with Gasteiger partial charge in [0.25, 0.3) is 5.56 Å². The van der Waals surface area contributed by atoms with Crippen molar-refractivity contribution in [3.8, 4) is 28.7 Å². The molecule has 1 aliphatic carbocycles. The van der Waals surface area contributed by atoms with Crippen LogP contribution in [0.4, 0.5) is 16.4 Å². The number of nitrogens with one attached hydrogen (secondary N) is 3. The summed E-state index contributed by atoms with van der Waals surface area (Å²) in [5.74, 6) is 7.70. The van der Waals surface area contributed by atoms with Crippen LogP contribution in [-0.2, 0) is 16.6 Å². The number of amides is 3. The van der Waals surface area contributed by atoms with E-state index < -0.39 is 0 Å². The van der Waals surface area contributed by atoms with E-state index >= 15 is 0 Å². The average Bonchev–Trinajstić information content (AvgIpc) is 4.06. The number of nitrogens with zero attached hydrogens (tertiary/aromatic N) is 7. The lowest BCUT2D eigenvalue weighted by Crippen LogP contribution is -2.55. The molecule has 1 saturated carbocycles. The number of carbonyl (C=O) groups is 2. The minimum Gasteiger partial charge on any atom is -0.495 e. The highest BCUT2D eigenvalue weighted by atomic mass is 16.5. The van der Waals surface area contributed by atoms with Crippen molar-refractivity contribution in [2.75, 3.05) is 69.9 Å². The van der Waals surface area contributed by atoms with Crippen molar-refractivity contribution in [3.63, 3.8) is 0 Å². The number of benzene rings is 3. The monoisotopic (exact) mass is 916 g/mol. The Hall–Kier alpha value is -6.57. The highest BCUT2D eigenvalue weighted by Gasteiger charge is 2.36. The SMILES string of the molecule is CNCN1C(=O)CCN(c2cc(C#CCNC3(C)CCN(C4CCN(c5nc(C(OC6CC6)c6ccccc6)c6cc(-c7cn(C)c(=O)c8[nH]ccc78)ccc6n5)CC4)CC3)ccc2OC)C1=O. The standard InChI is InChI=1S/C53H60N10O5/c1-53(56-24-8-9-35-12-17-45(67-4)44(31-35)62-28-21-46(64)63(34-54-2)52(62)66)22-29-60(30-23-53)38-19-26-61(27-20-38)51-57-43-16-13-37(42-33-59(3)50(65)48-40(42)18-25-55-48)32-41(43)47(58-51)49(68-39-14-15-39)36-10-6-5-7-11-36/h5-7,10-13,16-18,25,31-33,38-39,49,54-56H,14-15,19-24,26-30,34H2,1-4H3. The van der Waals surface area contributed by atoms with Crippen molar-refractivity contribution in [2.45, 2.75) is 75.7 Å². The molecule has 15 nitrogen and oxygen atoms in total. The zero-order valence-electron chi connectivity index (χ0n) is 39.4. The number of H-pyrrole nitrogens is 1. The van der Waals surface area contributed by atoms with Crippen LogP contribution >= 0.6 is 0 Å². The number of pyridine rings is 1. The third kappa shape index (κ3) is 9.21. The van der Waals surface area contributed by atoms with Crippen LogP contribution in [0.5, 0.6) is 5.75 Å². The van der Waals surface area contributed by atoms with Crippen LogP contribution in [0.1, 0.15) is 74.8 Å². The van der Waals surface area contributed by atoms with E-state index in [2.05, 4.69) is 86.6 Å². The van der Waals surface area contributed by atoms with Crippen LogP contribution in [-0.4, -0.2) is 119 Å². The smallest absolute Gasteiger partial charge is 0.332 e. The fourth-order valence-electron chi connectivity index (χ4n) is 10.1. The highest BCUT2D eigenvalue weighted by Crippen LogP contribution is 2.40. The van der Waals surface area contributed by atoms with Crippen LogP contribution in [0.15, 0.2) is 90.0 Å². The number of urea groups is 1. The molecule has 3 amide bonds. The van der Waals surface area contributed by atoms with Gasteiger partial charge >= 0.3 is 6.03 Å². The molecular weight excluding hydrogens is 857 g/mol. The number of fused-ring (bicyclic) bond motifs is 2. The summed E-state index contributed by atoms with van der Waals surface area (Å²) in [7, 11) is 5.08. The second-order valence-electron chi connectivity index (χ2n) is 18.9. The van der Waals surface area contributed by atoms with Gasteiger partial charge in [0.2, 0.25) is 11.9 Å². The third-order valence-electron chi connectivity index (χ3n) is 14.2. The number of likely N-dealkylation sites (tertiary alicyclic amines) is 1. The number of hydrogen-bond acceptors (Lipinski definition) is 11. The van der Waals surface area contributed by atoms with Crippen molar-refractivity contribution < 1.29 is 19.1 Å². The van der Waals surface area contributed by atoms with Crippen molar-refractivity contribution >= 4 is 45.4 Å². The van der Waals surface area contributed by atoms with E-state index in [1.807, 2.05) is 42.7 Å². The Morgan fingerprint density at radius 3 is 2.46 bits per heavy atom. The minimum absolute atomic E-state index is 0.0295. The number of imide groups is 1. The molecule has 1 unspecified atom stereocenters. The van der Waals surface area contributed by atoms with Crippen LogP contribution in [0.25, 0.3) is 32.9 Å². The van der Waals surface area contributed by atoms with Crippen LogP contribution in [0.3, 0.4) is 0 Å². The Morgan fingerprint density at radius 1 is 0.912 bits per heavy atom. The van der Waals surface area contributed by atoms with Crippen LogP contribution in [0.2, 0.25) is 0 Å². The molecule has 3 N–H and O–H groups in total. The normalized spacial score (nSPS) is 18.6. The van der Waals surface area contributed by atoms with Crippen molar-refractivity contribution in [3.05, 3.63) is 112 Å². The summed E-state index contributed by atoms with van der Waals surface area (Å²) < 4.78 is 14.1. The second kappa shape index (κ2) is 19.2. The summed E-state index contributed by atoms with van der Waals surface area (Å²) in [6, 6.07) is 24.5. The predicted octanol–water partition coefficient (Wildman–Crippen LogP) is 6.55. The van der Waals surface area contributed by atoms with E-state index in [0.717, 1.165) is 115 Å². The molecule has 3 saturated heterocycles. The van der Waals surface area contributed by atoms with Gasteiger partial charge in [-0.15, -0.1) is 0 Å². The molecule has 3 aromatic carbocycles. The molecule has 1 atom stereocenters. The number of anilines is 2. The summed E-state index contributed by atoms with van der Waals surface area (Å²) in [4.78, 5) is 60.3. The maximum atomic E-state index is 13.3.